The third-order valence-corrected chi connectivity index (χ3v) is 3.65. The quantitative estimate of drug-likeness (QED) is 0.750. The normalized spacial score (nSPS) is 14.5. The fourth-order valence-electron chi connectivity index (χ4n) is 2.04. The van der Waals surface area contributed by atoms with Gasteiger partial charge in [0.2, 0.25) is 0 Å². The van der Waals surface area contributed by atoms with E-state index >= 15 is 0 Å². The summed E-state index contributed by atoms with van der Waals surface area (Å²) in [6.45, 7) is 13.5. The lowest BCUT2D eigenvalue weighted by molar-refractivity contribution is 0.0649. The molecule has 6 heteroatoms. The third kappa shape index (κ3) is 6.05. The number of hydrogen-bond acceptors (Lipinski definition) is 3. The van der Waals surface area contributed by atoms with Gasteiger partial charge in [0.25, 0.3) is 0 Å². The maximum atomic E-state index is 11.7. The summed E-state index contributed by atoms with van der Waals surface area (Å²) < 4.78 is 1.96. The van der Waals surface area contributed by atoms with E-state index in [9.17, 15) is 9.90 Å². The number of nitrogens with one attached hydrogen (secondary N) is 2. The van der Waals surface area contributed by atoms with Crippen LogP contribution in [0.25, 0.3) is 0 Å². The first-order valence-corrected chi connectivity index (χ1v) is 7.80. The van der Waals surface area contributed by atoms with Crippen LogP contribution in [0.1, 0.15) is 39.1 Å². The van der Waals surface area contributed by atoms with Gasteiger partial charge in [-0.1, -0.05) is 27.7 Å². The lowest BCUT2D eigenvalue weighted by Crippen LogP contribution is -2.44. The zero-order valence-electron chi connectivity index (χ0n) is 14.6. The molecule has 1 heterocycles. The molecule has 0 aromatic carbocycles. The Morgan fingerprint density at radius 1 is 1.32 bits per heavy atom. The molecule has 0 saturated carbocycles. The largest absolute Gasteiger partial charge is 0.391 e. The average molecular weight is 310 g/mol. The molecule has 0 aliphatic rings. The zero-order chi connectivity index (χ0) is 16.9. The Labute approximate surface area is 133 Å². The van der Waals surface area contributed by atoms with E-state index in [-0.39, 0.29) is 23.9 Å². The average Bonchev–Trinajstić information content (AvgIpc) is 2.70. The minimum Gasteiger partial charge on any atom is -0.391 e. The summed E-state index contributed by atoms with van der Waals surface area (Å²) in [7, 11) is 0. The number of aromatic nitrogens is 2. The van der Waals surface area contributed by atoms with E-state index in [4.69, 9.17) is 0 Å². The lowest BCUT2D eigenvalue weighted by Gasteiger charge is -2.26. The summed E-state index contributed by atoms with van der Waals surface area (Å²) in [5.41, 5.74) is 1.89. The molecule has 126 valence electrons. The maximum absolute atomic E-state index is 11.7. The highest BCUT2D eigenvalue weighted by atomic mass is 16.3. The first-order chi connectivity index (χ1) is 10.1. The number of rotatable bonds is 6. The molecule has 2 amide bonds. The Bertz CT molecular complexity index is 491. The molecular weight excluding hydrogens is 280 g/mol. The molecular formula is C16H30N4O2. The molecule has 22 heavy (non-hydrogen) atoms. The number of aliphatic hydroxyl groups excluding tert-OH is 1. The van der Waals surface area contributed by atoms with Crippen LogP contribution in [0.3, 0.4) is 0 Å². The number of hydrogen-bond donors (Lipinski definition) is 3. The molecule has 0 radical (unpaired) electrons. The van der Waals surface area contributed by atoms with E-state index in [0.717, 1.165) is 17.9 Å². The van der Waals surface area contributed by atoms with Crippen molar-refractivity contribution in [2.24, 2.45) is 11.3 Å². The van der Waals surface area contributed by atoms with Crippen molar-refractivity contribution in [1.29, 1.82) is 0 Å². The molecule has 1 aromatic rings. The van der Waals surface area contributed by atoms with E-state index in [1.54, 1.807) is 0 Å². The molecule has 1 rings (SSSR count). The van der Waals surface area contributed by atoms with Crippen molar-refractivity contribution in [3.05, 3.63) is 17.5 Å². The fraction of sp³-hybridized carbons (Fsp3) is 0.750. The molecule has 0 fully saturated rings. The summed E-state index contributed by atoms with van der Waals surface area (Å²) in [5.74, 6) is 0.274. The number of carbonyl (C=O) groups is 1. The molecule has 0 saturated heterocycles. The van der Waals surface area contributed by atoms with Crippen molar-refractivity contribution >= 4 is 6.03 Å². The topological polar surface area (TPSA) is 79.2 Å². The van der Waals surface area contributed by atoms with Gasteiger partial charge in [0.05, 0.1) is 11.8 Å². The second-order valence-corrected chi connectivity index (χ2v) is 7.19. The molecule has 3 N–H and O–H groups in total. The van der Waals surface area contributed by atoms with Gasteiger partial charge >= 0.3 is 6.03 Å². The molecule has 2 unspecified atom stereocenters. The number of carbonyl (C=O) groups excluding carboxylic acids is 1. The van der Waals surface area contributed by atoms with Crippen LogP contribution in [-0.4, -0.2) is 40.1 Å². The van der Waals surface area contributed by atoms with Crippen LogP contribution in [0.2, 0.25) is 0 Å². The van der Waals surface area contributed by atoms with E-state index in [0.29, 0.717) is 6.54 Å². The van der Waals surface area contributed by atoms with Crippen LogP contribution < -0.4 is 10.6 Å². The minimum atomic E-state index is -0.564. The Kier molecular flexibility index (Phi) is 6.41. The smallest absolute Gasteiger partial charge is 0.314 e. The summed E-state index contributed by atoms with van der Waals surface area (Å²) in [5, 5.41) is 19.8. The van der Waals surface area contributed by atoms with E-state index in [1.807, 2.05) is 45.4 Å². The van der Waals surface area contributed by atoms with Crippen molar-refractivity contribution < 1.29 is 9.90 Å². The maximum Gasteiger partial charge on any atom is 0.314 e. The van der Waals surface area contributed by atoms with Crippen LogP contribution in [0.15, 0.2) is 6.07 Å². The van der Waals surface area contributed by atoms with Gasteiger partial charge in [0, 0.05) is 25.3 Å². The van der Waals surface area contributed by atoms with Crippen LogP contribution in [0.4, 0.5) is 4.79 Å². The van der Waals surface area contributed by atoms with E-state index < -0.39 is 6.10 Å². The Balaban J connectivity index is 2.30. The summed E-state index contributed by atoms with van der Waals surface area (Å²) in [4.78, 5) is 11.7. The van der Waals surface area contributed by atoms with Gasteiger partial charge in [-0.15, -0.1) is 0 Å². The lowest BCUT2D eigenvalue weighted by atomic mass is 9.89. The van der Waals surface area contributed by atoms with Crippen molar-refractivity contribution in [2.75, 3.05) is 13.1 Å². The van der Waals surface area contributed by atoms with E-state index in [1.165, 1.54) is 0 Å². The zero-order valence-corrected chi connectivity index (χ0v) is 14.6. The van der Waals surface area contributed by atoms with Crippen LogP contribution in [0, 0.1) is 25.2 Å². The monoisotopic (exact) mass is 310 g/mol. The van der Waals surface area contributed by atoms with Crippen molar-refractivity contribution in [3.8, 4) is 0 Å². The van der Waals surface area contributed by atoms with Crippen molar-refractivity contribution in [2.45, 2.75) is 54.2 Å². The first kappa shape index (κ1) is 18.5. The Morgan fingerprint density at radius 2 is 1.91 bits per heavy atom. The number of aliphatic hydroxyl groups is 1. The van der Waals surface area contributed by atoms with Crippen LogP contribution in [-0.2, 0) is 6.54 Å². The second kappa shape index (κ2) is 7.63. The van der Waals surface area contributed by atoms with Gasteiger partial charge in [0.1, 0.15) is 0 Å². The predicted molar refractivity (Wildman–Crippen MR) is 87.7 cm³/mol. The Hall–Kier alpha value is -1.56. The molecule has 0 spiro atoms. The molecule has 0 aliphatic heterocycles. The van der Waals surface area contributed by atoms with Crippen molar-refractivity contribution in [3.63, 3.8) is 0 Å². The number of aryl methyl sites for hydroxylation is 2. The highest BCUT2D eigenvalue weighted by Gasteiger charge is 2.22. The number of amides is 2. The van der Waals surface area contributed by atoms with Gasteiger partial charge in [-0.05, 0) is 31.2 Å². The minimum absolute atomic E-state index is 0.240. The van der Waals surface area contributed by atoms with Gasteiger partial charge in [-0.25, -0.2) is 4.79 Å². The van der Waals surface area contributed by atoms with Gasteiger partial charge in [0.15, 0.2) is 0 Å². The third-order valence-electron chi connectivity index (χ3n) is 3.65. The van der Waals surface area contributed by atoms with Gasteiger partial charge in [-0.2, -0.15) is 5.10 Å². The molecule has 1 aromatic heterocycles. The van der Waals surface area contributed by atoms with E-state index in [2.05, 4.69) is 22.7 Å². The molecule has 0 bridgehead atoms. The number of urea groups is 1. The SMILES string of the molecule is Cc1cc(C)n(CC(C)CNC(=O)NCC(O)C(C)(C)C)n1. The van der Waals surface area contributed by atoms with Crippen LogP contribution >= 0.6 is 0 Å². The van der Waals surface area contributed by atoms with Crippen LogP contribution in [0.5, 0.6) is 0 Å². The highest BCUT2D eigenvalue weighted by molar-refractivity contribution is 5.73. The van der Waals surface area contributed by atoms with Gasteiger partial charge < -0.3 is 15.7 Å². The Morgan fingerprint density at radius 3 is 2.41 bits per heavy atom. The van der Waals surface area contributed by atoms with Gasteiger partial charge in [-0.3, -0.25) is 4.68 Å². The predicted octanol–water partition coefficient (Wildman–Crippen LogP) is 1.84. The molecule has 2 atom stereocenters. The second-order valence-electron chi connectivity index (χ2n) is 7.19. The summed E-state index contributed by atoms with van der Waals surface area (Å²) in [6.07, 6.45) is -0.564. The summed E-state index contributed by atoms with van der Waals surface area (Å²) in [6, 6.07) is 1.80. The first-order valence-electron chi connectivity index (χ1n) is 7.80. The fourth-order valence-corrected chi connectivity index (χ4v) is 2.04. The highest BCUT2D eigenvalue weighted by Crippen LogP contribution is 2.17. The standard InChI is InChI=1S/C16H30N4O2/c1-11(10-20-13(3)7-12(2)19-20)8-17-15(22)18-9-14(21)16(4,5)6/h7,11,14,21H,8-10H2,1-6H3,(H2,17,18,22). The molecule has 6 nitrogen and oxygen atoms in total. The summed E-state index contributed by atoms with van der Waals surface area (Å²) >= 11 is 0. The molecule has 0 aliphatic carbocycles. The number of nitrogens with zero attached hydrogens (tertiary/aromatic N) is 2. The van der Waals surface area contributed by atoms with Crippen molar-refractivity contribution in [1.82, 2.24) is 20.4 Å².